The Morgan fingerprint density at radius 3 is 2.78 bits per heavy atom. The first-order chi connectivity index (χ1) is 8.79. The van der Waals surface area contributed by atoms with Gasteiger partial charge in [0.05, 0.1) is 17.4 Å². The minimum absolute atomic E-state index is 0.528. The zero-order valence-electron chi connectivity index (χ0n) is 9.68. The molecule has 2 aromatic carbocycles. The number of rotatable bonds is 2. The van der Waals surface area contributed by atoms with Crippen LogP contribution in [-0.4, -0.2) is 9.78 Å². The van der Waals surface area contributed by atoms with Crippen LogP contribution in [0.4, 0.5) is 0 Å². The number of halogens is 1. The fraction of sp³-hybridized carbons (Fsp3) is 0.0714. The van der Waals surface area contributed by atoms with Gasteiger partial charge in [0.25, 0.3) is 0 Å². The average molecular weight is 302 g/mol. The lowest BCUT2D eigenvalue weighted by Crippen LogP contribution is -2.00. The first-order valence-corrected chi connectivity index (χ1v) is 6.50. The summed E-state index contributed by atoms with van der Waals surface area (Å²) in [5.41, 5.74) is 8.88. The van der Waals surface area contributed by atoms with Gasteiger partial charge in [-0.25, -0.2) is 4.68 Å². The fourth-order valence-corrected chi connectivity index (χ4v) is 2.54. The van der Waals surface area contributed by atoms with Crippen molar-refractivity contribution in [2.24, 2.45) is 5.73 Å². The second kappa shape index (κ2) is 4.55. The second-order valence-corrected chi connectivity index (χ2v) is 4.95. The highest BCUT2D eigenvalue weighted by Crippen LogP contribution is 2.23. The third kappa shape index (κ3) is 1.83. The molecule has 2 N–H and O–H groups in total. The molecule has 18 heavy (non-hydrogen) atoms. The van der Waals surface area contributed by atoms with Crippen LogP contribution in [-0.2, 0) is 6.54 Å². The smallest absolute Gasteiger partial charge is 0.0741 e. The molecule has 0 radical (unpaired) electrons. The van der Waals surface area contributed by atoms with E-state index in [0.29, 0.717) is 6.54 Å². The highest BCUT2D eigenvalue weighted by molar-refractivity contribution is 9.10. The van der Waals surface area contributed by atoms with Gasteiger partial charge in [0, 0.05) is 16.4 Å². The van der Waals surface area contributed by atoms with Crippen LogP contribution in [0.3, 0.4) is 0 Å². The maximum Gasteiger partial charge on any atom is 0.0741 e. The van der Waals surface area contributed by atoms with Crippen molar-refractivity contribution in [1.82, 2.24) is 9.78 Å². The van der Waals surface area contributed by atoms with E-state index in [-0.39, 0.29) is 0 Å². The minimum Gasteiger partial charge on any atom is -0.326 e. The number of para-hydroxylation sites is 1. The van der Waals surface area contributed by atoms with Gasteiger partial charge in [-0.05, 0) is 23.8 Å². The molecule has 0 fully saturated rings. The quantitative estimate of drug-likeness (QED) is 0.789. The molecule has 4 heteroatoms. The van der Waals surface area contributed by atoms with Gasteiger partial charge in [-0.1, -0.05) is 40.2 Å². The SMILES string of the molecule is NCc1ccc(-n2ncc3ccccc32)cc1Br. The van der Waals surface area contributed by atoms with Gasteiger partial charge in [-0.2, -0.15) is 5.10 Å². The van der Waals surface area contributed by atoms with E-state index >= 15 is 0 Å². The van der Waals surface area contributed by atoms with Crippen molar-refractivity contribution in [2.75, 3.05) is 0 Å². The molecule has 0 saturated heterocycles. The minimum atomic E-state index is 0.528. The summed E-state index contributed by atoms with van der Waals surface area (Å²) in [5, 5.41) is 5.56. The topological polar surface area (TPSA) is 43.8 Å². The fourth-order valence-electron chi connectivity index (χ4n) is 2.01. The molecular formula is C14H12BrN3. The van der Waals surface area contributed by atoms with Crippen molar-refractivity contribution >= 4 is 26.8 Å². The highest BCUT2D eigenvalue weighted by atomic mass is 79.9. The third-order valence-electron chi connectivity index (χ3n) is 2.98. The average Bonchev–Trinajstić information content (AvgIpc) is 2.82. The molecule has 0 saturated carbocycles. The van der Waals surface area contributed by atoms with Crippen molar-refractivity contribution in [1.29, 1.82) is 0 Å². The maximum atomic E-state index is 5.66. The Bertz CT molecular complexity index is 703. The summed E-state index contributed by atoms with van der Waals surface area (Å²) in [4.78, 5) is 0. The summed E-state index contributed by atoms with van der Waals surface area (Å²) in [6, 6.07) is 14.3. The lowest BCUT2D eigenvalue weighted by Gasteiger charge is -2.07. The Hall–Kier alpha value is -1.65. The summed E-state index contributed by atoms with van der Waals surface area (Å²) in [6.45, 7) is 0.528. The predicted octanol–water partition coefficient (Wildman–Crippen LogP) is 3.25. The van der Waals surface area contributed by atoms with Crippen LogP contribution in [0.15, 0.2) is 53.1 Å². The van der Waals surface area contributed by atoms with E-state index < -0.39 is 0 Å². The molecular weight excluding hydrogens is 290 g/mol. The molecule has 0 bridgehead atoms. The molecule has 3 aromatic rings. The number of fused-ring (bicyclic) bond motifs is 1. The molecule has 1 heterocycles. The molecule has 0 aliphatic carbocycles. The predicted molar refractivity (Wildman–Crippen MR) is 76.7 cm³/mol. The van der Waals surface area contributed by atoms with Crippen LogP contribution >= 0.6 is 15.9 Å². The van der Waals surface area contributed by atoms with Gasteiger partial charge < -0.3 is 5.73 Å². The third-order valence-corrected chi connectivity index (χ3v) is 3.72. The Labute approximate surface area is 113 Å². The van der Waals surface area contributed by atoms with E-state index in [1.807, 2.05) is 41.2 Å². The molecule has 0 aliphatic rings. The summed E-state index contributed by atoms with van der Waals surface area (Å²) in [6.07, 6.45) is 1.88. The zero-order valence-corrected chi connectivity index (χ0v) is 11.3. The Morgan fingerprint density at radius 1 is 1.17 bits per heavy atom. The van der Waals surface area contributed by atoms with Crippen LogP contribution in [0, 0.1) is 0 Å². The molecule has 3 nitrogen and oxygen atoms in total. The van der Waals surface area contributed by atoms with Crippen LogP contribution < -0.4 is 5.73 Å². The van der Waals surface area contributed by atoms with Crippen LogP contribution in [0.5, 0.6) is 0 Å². The molecule has 90 valence electrons. The summed E-state index contributed by atoms with van der Waals surface area (Å²) in [7, 11) is 0. The van der Waals surface area contributed by atoms with Gasteiger partial charge in [0.15, 0.2) is 0 Å². The van der Waals surface area contributed by atoms with Crippen LogP contribution in [0.25, 0.3) is 16.6 Å². The molecule has 3 rings (SSSR count). The van der Waals surface area contributed by atoms with Gasteiger partial charge >= 0.3 is 0 Å². The highest BCUT2D eigenvalue weighted by Gasteiger charge is 2.06. The first-order valence-electron chi connectivity index (χ1n) is 5.71. The van der Waals surface area contributed by atoms with E-state index in [1.165, 1.54) is 0 Å². The normalized spacial score (nSPS) is 11.0. The van der Waals surface area contributed by atoms with Crippen molar-refractivity contribution in [2.45, 2.75) is 6.54 Å². The maximum absolute atomic E-state index is 5.66. The monoisotopic (exact) mass is 301 g/mol. The number of hydrogen-bond donors (Lipinski definition) is 1. The standard InChI is InChI=1S/C14H12BrN3/c15-13-7-12(6-5-10(13)8-16)18-14-4-2-1-3-11(14)9-17-18/h1-7,9H,8,16H2. The summed E-state index contributed by atoms with van der Waals surface area (Å²) >= 11 is 3.54. The molecule has 0 unspecified atom stereocenters. The summed E-state index contributed by atoms with van der Waals surface area (Å²) < 4.78 is 2.95. The number of benzene rings is 2. The van der Waals surface area contributed by atoms with E-state index in [0.717, 1.165) is 26.6 Å². The largest absolute Gasteiger partial charge is 0.326 e. The van der Waals surface area contributed by atoms with Crippen LogP contribution in [0.1, 0.15) is 5.56 Å². The van der Waals surface area contributed by atoms with E-state index in [2.05, 4.69) is 33.2 Å². The summed E-state index contributed by atoms with van der Waals surface area (Å²) in [5.74, 6) is 0. The van der Waals surface area contributed by atoms with Crippen molar-refractivity contribution in [3.63, 3.8) is 0 Å². The first kappa shape index (κ1) is 11.4. The molecule has 0 amide bonds. The Morgan fingerprint density at radius 2 is 2.00 bits per heavy atom. The van der Waals surface area contributed by atoms with Crippen molar-refractivity contribution in [3.05, 3.63) is 58.7 Å². The lowest BCUT2D eigenvalue weighted by atomic mass is 10.2. The number of aromatic nitrogens is 2. The zero-order chi connectivity index (χ0) is 12.5. The van der Waals surface area contributed by atoms with Crippen molar-refractivity contribution < 1.29 is 0 Å². The van der Waals surface area contributed by atoms with E-state index in [1.54, 1.807) is 0 Å². The molecule has 0 aliphatic heterocycles. The van der Waals surface area contributed by atoms with Gasteiger partial charge in [-0.3, -0.25) is 0 Å². The Kier molecular flexibility index (Phi) is 2.89. The number of nitrogens with zero attached hydrogens (tertiary/aromatic N) is 2. The van der Waals surface area contributed by atoms with E-state index in [4.69, 9.17) is 5.73 Å². The molecule has 1 aromatic heterocycles. The Balaban J connectivity index is 2.17. The second-order valence-electron chi connectivity index (χ2n) is 4.10. The number of hydrogen-bond acceptors (Lipinski definition) is 2. The number of nitrogens with two attached hydrogens (primary N) is 1. The van der Waals surface area contributed by atoms with Crippen molar-refractivity contribution in [3.8, 4) is 5.69 Å². The van der Waals surface area contributed by atoms with Gasteiger partial charge in [0.1, 0.15) is 0 Å². The molecule has 0 spiro atoms. The molecule has 0 atom stereocenters. The van der Waals surface area contributed by atoms with Gasteiger partial charge in [-0.15, -0.1) is 0 Å². The van der Waals surface area contributed by atoms with E-state index in [9.17, 15) is 0 Å². The van der Waals surface area contributed by atoms with Gasteiger partial charge in [0.2, 0.25) is 0 Å². The van der Waals surface area contributed by atoms with Crippen LogP contribution in [0.2, 0.25) is 0 Å². The lowest BCUT2D eigenvalue weighted by molar-refractivity contribution is 0.906.